The van der Waals surface area contributed by atoms with Crippen LogP contribution in [0.25, 0.3) is 0 Å². The third-order valence-corrected chi connectivity index (χ3v) is 5.51. The molecule has 1 aliphatic heterocycles. The van der Waals surface area contributed by atoms with E-state index >= 15 is 0 Å². The van der Waals surface area contributed by atoms with E-state index in [1.54, 1.807) is 41.3 Å². The Hall–Kier alpha value is -3.55. The van der Waals surface area contributed by atoms with Crippen LogP contribution in [-0.4, -0.2) is 42.0 Å². The molecule has 1 heterocycles. The van der Waals surface area contributed by atoms with Crippen molar-refractivity contribution in [2.24, 2.45) is 5.92 Å². The molecule has 0 spiro atoms. The minimum atomic E-state index is -0.344. The van der Waals surface area contributed by atoms with Crippen LogP contribution in [0, 0.1) is 5.92 Å². The fraction of sp³-hybridized carbons (Fsp3) is 0.375. The van der Waals surface area contributed by atoms with Crippen molar-refractivity contribution in [1.82, 2.24) is 10.2 Å². The molecule has 4 N–H and O–H groups in total. The maximum absolute atomic E-state index is 12.7. The monoisotopic (exact) mass is 437 g/mol. The predicted molar refractivity (Wildman–Crippen MR) is 127 cm³/mol. The lowest BCUT2D eigenvalue weighted by atomic mass is 9.97. The van der Waals surface area contributed by atoms with E-state index in [-0.39, 0.29) is 29.9 Å². The topological polar surface area (TPSA) is 103 Å². The number of carbonyl (C=O) groups is 3. The minimum Gasteiger partial charge on any atom is -0.353 e. The van der Waals surface area contributed by atoms with E-state index < -0.39 is 0 Å². The maximum Gasteiger partial charge on any atom is 0.323 e. The van der Waals surface area contributed by atoms with Crippen LogP contribution < -0.4 is 21.3 Å². The number of amides is 5. The van der Waals surface area contributed by atoms with Gasteiger partial charge in [-0.1, -0.05) is 25.1 Å². The number of urea groups is 2. The summed E-state index contributed by atoms with van der Waals surface area (Å²) in [6, 6.07) is 15.6. The Morgan fingerprint density at radius 3 is 2.16 bits per heavy atom. The highest BCUT2D eigenvalue weighted by Crippen LogP contribution is 2.19. The first kappa shape index (κ1) is 23.1. The van der Waals surface area contributed by atoms with Crippen LogP contribution in [0.2, 0.25) is 0 Å². The first-order valence-corrected chi connectivity index (χ1v) is 11.0. The number of carbonyl (C=O) groups excluding carboxylic acids is 3. The lowest BCUT2D eigenvalue weighted by Crippen LogP contribution is -2.48. The fourth-order valence-corrected chi connectivity index (χ4v) is 3.49. The third-order valence-electron chi connectivity index (χ3n) is 5.51. The number of nitrogens with one attached hydrogen (secondary N) is 4. The number of hydrogen-bond acceptors (Lipinski definition) is 3. The molecule has 2 aromatic carbocycles. The molecule has 2 atom stereocenters. The molecule has 0 unspecified atom stereocenters. The maximum atomic E-state index is 12.7. The van der Waals surface area contributed by atoms with Crippen LogP contribution in [0.5, 0.6) is 0 Å². The Morgan fingerprint density at radius 1 is 0.938 bits per heavy atom. The number of anilines is 3. The molecular formula is C24H31N5O3. The first-order chi connectivity index (χ1) is 15.4. The second-order valence-corrected chi connectivity index (χ2v) is 8.06. The average molecular weight is 438 g/mol. The van der Waals surface area contributed by atoms with Gasteiger partial charge in [0.05, 0.1) is 5.92 Å². The van der Waals surface area contributed by atoms with Crippen LogP contribution in [0.4, 0.5) is 26.7 Å². The molecule has 0 bridgehead atoms. The van der Waals surface area contributed by atoms with Crippen LogP contribution in [-0.2, 0) is 4.79 Å². The summed E-state index contributed by atoms with van der Waals surface area (Å²) in [7, 11) is 0. The summed E-state index contributed by atoms with van der Waals surface area (Å²) in [4.78, 5) is 38.9. The van der Waals surface area contributed by atoms with Gasteiger partial charge in [-0.25, -0.2) is 9.59 Å². The van der Waals surface area contributed by atoms with Crippen LogP contribution >= 0.6 is 0 Å². The summed E-state index contributed by atoms with van der Waals surface area (Å²) in [5, 5.41) is 11.4. The summed E-state index contributed by atoms with van der Waals surface area (Å²) in [5.74, 6) is -0.167. The van der Waals surface area contributed by atoms with Crippen molar-refractivity contribution in [3.05, 3.63) is 54.6 Å². The second-order valence-electron chi connectivity index (χ2n) is 8.06. The summed E-state index contributed by atoms with van der Waals surface area (Å²) < 4.78 is 0. The zero-order valence-corrected chi connectivity index (χ0v) is 18.6. The van der Waals surface area contributed by atoms with Crippen molar-refractivity contribution in [3.8, 4) is 0 Å². The van der Waals surface area contributed by atoms with Crippen molar-refractivity contribution >= 4 is 35.0 Å². The second kappa shape index (κ2) is 11.2. The highest BCUT2D eigenvalue weighted by molar-refractivity contribution is 6.00. The van der Waals surface area contributed by atoms with Gasteiger partial charge in [0.25, 0.3) is 0 Å². The van der Waals surface area contributed by atoms with Gasteiger partial charge >= 0.3 is 12.1 Å². The van der Waals surface area contributed by atoms with E-state index in [4.69, 9.17) is 0 Å². The fourth-order valence-electron chi connectivity index (χ4n) is 3.49. The van der Waals surface area contributed by atoms with Crippen LogP contribution in [0.1, 0.15) is 33.1 Å². The molecule has 3 rings (SSSR count). The van der Waals surface area contributed by atoms with Gasteiger partial charge in [-0.15, -0.1) is 0 Å². The molecule has 1 aliphatic rings. The largest absolute Gasteiger partial charge is 0.353 e. The van der Waals surface area contributed by atoms with Gasteiger partial charge < -0.3 is 26.2 Å². The van der Waals surface area contributed by atoms with Crippen molar-refractivity contribution in [2.45, 2.75) is 39.2 Å². The molecule has 1 fully saturated rings. The van der Waals surface area contributed by atoms with E-state index in [9.17, 15) is 14.4 Å². The average Bonchev–Trinajstić information content (AvgIpc) is 2.81. The van der Waals surface area contributed by atoms with Gasteiger partial charge in [0, 0.05) is 36.2 Å². The molecule has 1 saturated heterocycles. The van der Waals surface area contributed by atoms with Gasteiger partial charge in [-0.2, -0.15) is 0 Å². The highest BCUT2D eigenvalue weighted by Gasteiger charge is 2.28. The summed E-state index contributed by atoms with van der Waals surface area (Å²) in [6.07, 6.45) is 2.46. The zero-order valence-electron chi connectivity index (χ0n) is 18.6. The van der Waals surface area contributed by atoms with E-state index in [0.717, 1.165) is 19.3 Å². The van der Waals surface area contributed by atoms with Crippen LogP contribution in [0.3, 0.4) is 0 Å². The molecule has 0 aromatic heterocycles. The summed E-state index contributed by atoms with van der Waals surface area (Å²) in [6.45, 7) is 5.04. The van der Waals surface area contributed by atoms with Crippen molar-refractivity contribution in [1.29, 1.82) is 0 Å². The van der Waals surface area contributed by atoms with Crippen molar-refractivity contribution in [3.63, 3.8) is 0 Å². The molecule has 8 heteroatoms. The SMILES string of the molecule is CC[C@@H](C)NC(=O)[C@@H]1CCCN(C(=O)Nc2ccc(NC(=O)Nc3ccccc3)cc2)C1. The molecule has 32 heavy (non-hydrogen) atoms. The van der Waals surface area contributed by atoms with E-state index in [2.05, 4.69) is 21.3 Å². The van der Waals surface area contributed by atoms with E-state index in [0.29, 0.717) is 30.2 Å². The first-order valence-electron chi connectivity index (χ1n) is 11.0. The minimum absolute atomic E-state index is 0.0149. The molecule has 0 aliphatic carbocycles. The van der Waals surface area contributed by atoms with Gasteiger partial charge in [0.2, 0.25) is 5.91 Å². The van der Waals surface area contributed by atoms with Gasteiger partial charge in [0.1, 0.15) is 0 Å². The predicted octanol–water partition coefficient (Wildman–Crippen LogP) is 4.49. The Labute approximate surface area is 188 Å². The lowest BCUT2D eigenvalue weighted by molar-refractivity contribution is -0.126. The molecule has 170 valence electrons. The summed E-state index contributed by atoms with van der Waals surface area (Å²) in [5.41, 5.74) is 1.93. The van der Waals surface area contributed by atoms with Crippen molar-refractivity contribution < 1.29 is 14.4 Å². The van der Waals surface area contributed by atoms with Gasteiger partial charge in [-0.05, 0) is 62.6 Å². The van der Waals surface area contributed by atoms with Crippen LogP contribution in [0.15, 0.2) is 54.6 Å². The Bertz CT molecular complexity index is 917. The summed E-state index contributed by atoms with van der Waals surface area (Å²) >= 11 is 0. The number of rotatable bonds is 6. The Kier molecular flexibility index (Phi) is 8.08. The highest BCUT2D eigenvalue weighted by atomic mass is 16.2. The number of nitrogens with zero attached hydrogens (tertiary/aromatic N) is 1. The standard InChI is InChI=1S/C24H31N5O3/c1-3-17(2)25-22(30)18-8-7-15-29(16-18)24(32)28-21-13-11-20(12-14-21)27-23(31)26-19-9-5-4-6-10-19/h4-6,9-14,17-18H,3,7-8,15-16H2,1-2H3,(H,25,30)(H,28,32)(H2,26,27,31)/t17-,18-/m1/s1. The van der Waals surface area contributed by atoms with E-state index in [1.807, 2.05) is 32.0 Å². The Balaban J connectivity index is 1.49. The molecule has 0 radical (unpaired) electrons. The Morgan fingerprint density at radius 2 is 1.53 bits per heavy atom. The number of piperidine rings is 1. The number of para-hydroxylation sites is 1. The van der Waals surface area contributed by atoms with Gasteiger partial charge in [-0.3, -0.25) is 4.79 Å². The quantitative estimate of drug-likeness (QED) is 0.535. The normalized spacial score (nSPS) is 16.6. The number of hydrogen-bond donors (Lipinski definition) is 4. The molecule has 8 nitrogen and oxygen atoms in total. The van der Waals surface area contributed by atoms with Gasteiger partial charge in [0.15, 0.2) is 0 Å². The molecular weight excluding hydrogens is 406 g/mol. The van der Waals surface area contributed by atoms with Crippen molar-refractivity contribution in [2.75, 3.05) is 29.0 Å². The lowest BCUT2D eigenvalue weighted by Gasteiger charge is -2.32. The zero-order chi connectivity index (χ0) is 22.9. The third kappa shape index (κ3) is 6.73. The number of likely N-dealkylation sites (tertiary alicyclic amines) is 1. The molecule has 5 amide bonds. The number of benzene rings is 2. The molecule has 0 saturated carbocycles. The van der Waals surface area contributed by atoms with E-state index in [1.165, 1.54) is 0 Å². The molecule has 2 aromatic rings. The smallest absolute Gasteiger partial charge is 0.323 e.